The van der Waals surface area contributed by atoms with Gasteiger partial charge in [-0.05, 0) is 44.6 Å². The summed E-state index contributed by atoms with van der Waals surface area (Å²) in [6.45, 7) is 5.86. The van der Waals surface area contributed by atoms with Gasteiger partial charge in [-0.1, -0.05) is 19.9 Å². The van der Waals surface area contributed by atoms with Crippen molar-refractivity contribution in [2.24, 2.45) is 0 Å². The van der Waals surface area contributed by atoms with Crippen molar-refractivity contribution >= 4 is 11.4 Å². The second kappa shape index (κ2) is 7.24. The van der Waals surface area contributed by atoms with E-state index in [1.54, 1.807) is 6.07 Å². The highest BCUT2D eigenvalue weighted by Gasteiger charge is 2.18. The minimum atomic E-state index is -0.288. The zero-order valence-electron chi connectivity index (χ0n) is 13.1. The van der Waals surface area contributed by atoms with Crippen LogP contribution in [0.3, 0.4) is 0 Å². The summed E-state index contributed by atoms with van der Waals surface area (Å²) in [4.78, 5) is 15.0. The molecule has 0 atom stereocenters. The fourth-order valence-corrected chi connectivity index (χ4v) is 2.11. The Morgan fingerprint density at radius 3 is 2.35 bits per heavy atom. The molecule has 0 N–H and O–H groups in total. The molecule has 0 aliphatic heterocycles. The third-order valence-corrected chi connectivity index (χ3v) is 3.37. The van der Waals surface area contributed by atoms with Crippen molar-refractivity contribution in [2.45, 2.75) is 26.2 Å². The highest BCUT2D eigenvalue weighted by Crippen LogP contribution is 2.31. The van der Waals surface area contributed by atoms with Crippen LogP contribution in [0.4, 0.5) is 11.4 Å². The summed E-state index contributed by atoms with van der Waals surface area (Å²) in [7, 11) is 5.97. The molecule has 0 saturated carbocycles. The van der Waals surface area contributed by atoms with Crippen LogP contribution in [0.15, 0.2) is 18.2 Å². The molecule has 0 spiro atoms. The summed E-state index contributed by atoms with van der Waals surface area (Å²) < 4.78 is 0. The van der Waals surface area contributed by atoms with Crippen molar-refractivity contribution in [3.05, 3.63) is 33.9 Å². The molecule has 112 valence electrons. The number of hydrogen-bond donors (Lipinski definition) is 0. The van der Waals surface area contributed by atoms with Gasteiger partial charge in [-0.25, -0.2) is 0 Å². The summed E-state index contributed by atoms with van der Waals surface area (Å²) in [6.07, 6.45) is 0.979. The van der Waals surface area contributed by atoms with E-state index in [4.69, 9.17) is 0 Å². The van der Waals surface area contributed by atoms with Gasteiger partial charge in [0.2, 0.25) is 0 Å². The molecule has 1 aromatic rings. The second-order valence-corrected chi connectivity index (χ2v) is 5.74. The lowest BCUT2D eigenvalue weighted by Crippen LogP contribution is -2.24. The summed E-state index contributed by atoms with van der Waals surface area (Å²) in [5, 5.41) is 11.3. The third kappa shape index (κ3) is 4.49. The van der Waals surface area contributed by atoms with Crippen LogP contribution in [0.25, 0.3) is 0 Å². The van der Waals surface area contributed by atoms with Crippen LogP contribution in [-0.4, -0.2) is 44.1 Å². The number of nitrogens with zero attached hydrogens (tertiary/aromatic N) is 3. The number of anilines is 1. The largest absolute Gasteiger partial charge is 0.369 e. The first kappa shape index (κ1) is 16.4. The summed E-state index contributed by atoms with van der Waals surface area (Å²) in [6, 6.07) is 5.54. The third-order valence-electron chi connectivity index (χ3n) is 3.37. The molecule has 0 bridgehead atoms. The van der Waals surface area contributed by atoms with Crippen LogP contribution in [0, 0.1) is 10.1 Å². The highest BCUT2D eigenvalue weighted by molar-refractivity contribution is 5.64. The van der Waals surface area contributed by atoms with Gasteiger partial charge < -0.3 is 9.80 Å². The fraction of sp³-hybridized carbons (Fsp3) is 0.600. The Morgan fingerprint density at radius 1 is 1.20 bits per heavy atom. The monoisotopic (exact) mass is 279 g/mol. The van der Waals surface area contributed by atoms with Crippen molar-refractivity contribution < 1.29 is 4.92 Å². The van der Waals surface area contributed by atoms with Gasteiger partial charge in [-0.3, -0.25) is 10.1 Å². The van der Waals surface area contributed by atoms with Gasteiger partial charge in [0.05, 0.1) is 4.92 Å². The predicted molar refractivity (Wildman–Crippen MR) is 83.6 cm³/mol. The number of hydrogen-bond acceptors (Lipinski definition) is 4. The lowest BCUT2D eigenvalue weighted by Gasteiger charge is -2.21. The van der Waals surface area contributed by atoms with E-state index in [1.807, 2.05) is 52.0 Å². The zero-order valence-corrected chi connectivity index (χ0v) is 13.1. The van der Waals surface area contributed by atoms with Crippen LogP contribution < -0.4 is 4.90 Å². The smallest absolute Gasteiger partial charge is 0.292 e. The quantitative estimate of drug-likeness (QED) is 0.568. The Balaban J connectivity index is 2.90. The molecule has 1 rings (SSSR count). The number of rotatable bonds is 7. The maximum atomic E-state index is 11.3. The van der Waals surface area contributed by atoms with Crippen molar-refractivity contribution in [1.82, 2.24) is 4.90 Å². The van der Waals surface area contributed by atoms with E-state index < -0.39 is 0 Å². The molecule has 0 amide bonds. The molecule has 1 aromatic carbocycles. The molecular formula is C15H25N3O2. The van der Waals surface area contributed by atoms with E-state index in [2.05, 4.69) is 4.90 Å². The van der Waals surface area contributed by atoms with E-state index in [0.29, 0.717) is 11.6 Å². The molecule has 20 heavy (non-hydrogen) atoms. The van der Waals surface area contributed by atoms with Crippen molar-refractivity contribution in [1.29, 1.82) is 0 Å². The number of nitro groups is 1. The number of nitro benzene ring substituents is 1. The zero-order chi connectivity index (χ0) is 15.3. The van der Waals surface area contributed by atoms with E-state index in [-0.39, 0.29) is 10.6 Å². The minimum absolute atomic E-state index is 0.198. The van der Waals surface area contributed by atoms with Crippen LogP contribution >= 0.6 is 0 Å². The van der Waals surface area contributed by atoms with Gasteiger partial charge in [-0.15, -0.1) is 0 Å². The standard InChI is InChI=1S/C15H25N3O2/c1-12(2)13-7-8-14(15(11-13)18(19)20)17(5)10-6-9-16(3)4/h7-8,11-12H,6,9-10H2,1-5H3. The maximum Gasteiger partial charge on any atom is 0.292 e. The van der Waals surface area contributed by atoms with Gasteiger partial charge in [0.1, 0.15) is 5.69 Å². The summed E-state index contributed by atoms with van der Waals surface area (Å²) in [5.74, 6) is 0.293. The first-order chi connectivity index (χ1) is 9.32. The minimum Gasteiger partial charge on any atom is -0.369 e. The predicted octanol–water partition coefficient (Wildman–Crippen LogP) is 3.11. The summed E-state index contributed by atoms with van der Waals surface area (Å²) in [5.41, 5.74) is 1.89. The molecule has 0 aliphatic rings. The van der Waals surface area contributed by atoms with Crippen molar-refractivity contribution in [2.75, 3.05) is 39.1 Å². The Hall–Kier alpha value is -1.62. The molecule has 0 aliphatic carbocycles. The summed E-state index contributed by atoms with van der Waals surface area (Å²) >= 11 is 0. The average Bonchev–Trinajstić information content (AvgIpc) is 2.37. The molecule has 0 aromatic heterocycles. The first-order valence-electron chi connectivity index (χ1n) is 6.97. The van der Waals surface area contributed by atoms with Crippen LogP contribution in [-0.2, 0) is 0 Å². The van der Waals surface area contributed by atoms with Gasteiger partial charge >= 0.3 is 0 Å². The normalized spacial score (nSPS) is 11.2. The lowest BCUT2D eigenvalue weighted by molar-refractivity contribution is -0.384. The molecule has 0 unspecified atom stereocenters. The molecule has 5 nitrogen and oxygen atoms in total. The van der Waals surface area contributed by atoms with Crippen molar-refractivity contribution in [3.63, 3.8) is 0 Å². The van der Waals surface area contributed by atoms with Crippen LogP contribution in [0.5, 0.6) is 0 Å². The fourth-order valence-electron chi connectivity index (χ4n) is 2.11. The van der Waals surface area contributed by atoms with Gasteiger partial charge in [0.25, 0.3) is 5.69 Å². The molecule has 0 radical (unpaired) electrons. The Kier molecular flexibility index (Phi) is 5.95. The maximum absolute atomic E-state index is 11.3. The molecule has 0 heterocycles. The second-order valence-electron chi connectivity index (χ2n) is 5.74. The van der Waals surface area contributed by atoms with Gasteiger partial charge in [0, 0.05) is 19.7 Å². The van der Waals surface area contributed by atoms with Gasteiger partial charge in [0.15, 0.2) is 0 Å². The number of benzene rings is 1. The molecule has 5 heteroatoms. The molecule has 0 saturated heterocycles. The highest BCUT2D eigenvalue weighted by atomic mass is 16.6. The van der Waals surface area contributed by atoms with E-state index in [1.165, 1.54) is 0 Å². The van der Waals surface area contributed by atoms with E-state index in [9.17, 15) is 10.1 Å². The van der Waals surface area contributed by atoms with Crippen LogP contribution in [0.1, 0.15) is 31.7 Å². The topological polar surface area (TPSA) is 49.6 Å². The van der Waals surface area contributed by atoms with Crippen LogP contribution in [0.2, 0.25) is 0 Å². The van der Waals surface area contributed by atoms with Crippen molar-refractivity contribution in [3.8, 4) is 0 Å². The Labute approximate surface area is 121 Å². The Bertz CT molecular complexity index is 458. The van der Waals surface area contributed by atoms with Gasteiger partial charge in [-0.2, -0.15) is 0 Å². The lowest BCUT2D eigenvalue weighted by atomic mass is 10.0. The van der Waals surface area contributed by atoms with E-state index >= 15 is 0 Å². The first-order valence-corrected chi connectivity index (χ1v) is 6.97. The molecular weight excluding hydrogens is 254 g/mol. The van der Waals surface area contributed by atoms with E-state index in [0.717, 1.165) is 25.1 Å². The SMILES string of the molecule is CC(C)c1ccc(N(C)CCCN(C)C)c([N+](=O)[O-])c1. The molecule has 0 fully saturated rings. The average molecular weight is 279 g/mol. The Morgan fingerprint density at radius 2 is 1.85 bits per heavy atom.